The molecule has 1 aliphatic rings. The molecule has 0 amide bonds. The number of hydrogen-bond donors (Lipinski definition) is 1. The summed E-state index contributed by atoms with van der Waals surface area (Å²) in [5.41, 5.74) is 1.42. The summed E-state index contributed by atoms with van der Waals surface area (Å²) >= 11 is 11.2. The minimum absolute atomic E-state index is 0.573. The van der Waals surface area contributed by atoms with Crippen molar-refractivity contribution >= 4 is 23.2 Å². The number of rotatable bonds is 4. The topological polar surface area (TPSA) is 12.0 Å². The SMILES string of the molecule is CC(NCC(Cl)=CCl)C1CCC1. The Bertz CT molecular complexity index is 164. The molecule has 0 spiro atoms. The Morgan fingerprint density at radius 2 is 2.33 bits per heavy atom. The van der Waals surface area contributed by atoms with Crippen molar-refractivity contribution < 1.29 is 0 Å². The standard InChI is InChI=1S/C9H15Cl2N/c1-7(8-3-2-4-8)12-6-9(11)5-10/h5,7-8,12H,2-4,6H2,1H3. The molecule has 0 radical (unpaired) electrons. The molecular weight excluding hydrogens is 193 g/mol. The van der Waals surface area contributed by atoms with Crippen molar-refractivity contribution in [1.82, 2.24) is 5.32 Å². The highest BCUT2D eigenvalue weighted by Crippen LogP contribution is 2.29. The van der Waals surface area contributed by atoms with Gasteiger partial charge in [-0.05, 0) is 25.7 Å². The zero-order chi connectivity index (χ0) is 8.97. The average molecular weight is 208 g/mol. The molecular formula is C9H15Cl2N. The maximum atomic E-state index is 5.74. The Kier molecular flexibility index (Phi) is 4.41. The lowest BCUT2D eigenvalue weighted by molar-refractivity contribution is 0.245. The second kappa shape index (κ2) is 5.11. The molecule has 1 aliphatic carbocycles. The van der Waals surface area contributed by atoms with Gasteiger partial charge in [-0.2, -0.15) is 0 Å². The lowest BCUT2D eigenvalue weighted by Gasteiger charge is -2.31. The van der Waals surface area contributed by atoms with Crippen LogP contribution in [0, 0.1) is 5.92 Å². The van der Waals surface area contributed by atoms with Gasteiger partial charge in [0.15, 0.2) is 0 Å². The van der Waals surface area contributed by atoms with E-state index in [-0.39, 0.29) is 0 Å². The first-order valence-electron chi connectivity index (χ1n) is 4.42. The third-order valence-corrected chi connectivity index (χ3v) is 3.19. The van der Waals surface area contributed by atoms with Crippen molar-refractivity contribution in [3.8, 4) is 0 Å². The highest BCUT2D eigenvalue weighted by molar-refractivity contribution is 6.36. The zero-order valence-corrected chi connectivity index (χ0v) is 8.83. The summed E-state index contributed by atoms with van der Waals surface area (Å²) in [6.07, 6.45) is 4.10. The molecule has 0 aromatic rings. The zero-order valence-electron chi connectivity index (χ0n) is 7.32. The van der Waals surface area contributed by atoms with Crippen LogP contribution in [0.1, 0.15) is 26.2 Å². The van der Waals surface area contributed by atoms with Gasteiger partial charge >= 0.3 is 0 Å². The largest absolute Gasteiger partial charge is 0.309 e. The molecule has 1 nitrogen and oxygen atoms in total. The first kappa shape index (κ1) is 10.4. The number of halogens is 2. The van der Waals surface area contributed by atoms with E-state index in [2.05, 4.69) is 12.2 Å². The van der Waals surface area contributed by atoms with Gasteiger partial charge in [0.2, 0.25) is 0 Å². The summed E-state index contributed by atoms with van der Waals surface area (Å²) in [4.78, 5) is 0. The second-order valence-corrected chi connectivity index (χ2v) is 4.12. The van der Waals surface area contributed by atoms with E-state index in [0.29, 0.717) is 17.6 Å². The average Bonchev–Trinajstić information content (AvgIpc) is 1.97. The van der Waals surface area contributed by atoms with Crippen molar-refractivity contribution in [3.05, 3.63) is 10.6 Å². The van der Waals surface area contributed by atoms with Crippen molar-refractivity contribution in [2.45, 2.75) is 32.2 Å². The first-order chi connectivity index (χ1) is 5.74. The fraction of sp³-hybridized carbons (Fsp3) is 0.778. The first-order valence-corrected chi connectivity index (χ1v) is 5.23. The van der Waals surface area contributed by atoms with E-state index in [9.17, 15) is 0 Å². The molecule has 12 heavy (non-hydrogen) atoms. The summed E-state index contributed by atoms with van der Waals surface area (Å²) in [5.74, 6) is 0.852. The third-order valence-electron chi connectivity index (χ3n) is 2.57. The maximum absolute atomic E-state index is 5.74. The highest BCUT2D eigenvalue weighted by Gasteiger charge is 2.23. The van der Waals surface area contributed by atoms with E-state index in [1.54, 1.807) is 0 Å². The van der Waals surface area contributed by atoms with Crippen molar-refractivity contribution in [2.75, 3.05) is 6.54 Å². The quantitative estimate of drug-likeness (QED) is 0.748. The van der Waals surface area contributed by atoms with Crippen LogP contribution in [0.4, 0.5) is 0 Å². The molecule has 1 rings (SSSR count). The molecule has 1 unspecified atom stereocenters. The van der Waals surface area contributed by atoms with Gasteiger partial charge < -0.3 is 5.32 Å². The van der Waals surface area contributed by atoms with E-state index < -0.39 is 0 Å². The normalized spacial score (nSPS) is 22.1. The van der Waals surface area contributed by atoms with Crippen LogP contribution in [-0.4, -0.2) is 12.6 Å². The van der Waals surface area contributed by atoms with Gasteiger partial charge in [0, 0.05) is 23.2 Å². The molecule has 0 aliphatic heterocycles. The molecule has 70 valence electrons. The lowest BCUT2D eigenvalue weighted by Crippen LogP contribution is -2.37. The van der Waals surface area contributed by atoms with E-state index in [0.717, 1.165) is 5.92 Å². The monoisotopic (exact) mass is 207 g/mol. The summed E-state index contributed by atoms with van der Waals surface area (Å²) in [6, 6.07) is 0.573. The van der Waals surface area contributed by atoms with Crippen LogP contribution < -0.4 is 5.32 Å². The van der Waals surface area contributed by atoms with Crippen LogP contribution >= 0.6 is 23.2 Å². The number of nitrogens with one attached hydrogen (secondary N) is 1. The number of hydrogen-bond acceptors (Lipinski definition) is 1. The van der Waals surface area contributed by atoms with Gasteiger partial charge in [-0.3, -0.25) is 0 Å². The van der Waals surface area contributed by atoms with Gasteiger partial charge in [-0.1, -0.05) is 29.6 Å². The molecule has 1 atom stereocenters. The predicted octanol–water partition coefficient (Wildman–Crippen LogP) is 3.08. The Morgan fingerprint density at radius 1 is 1.67 bits per heavy atom. The van der Waals surface area contributed by atoms with Crippen molar-refractivity contribution in [3.63, 3.8) is 0 Å². The molecule has 3 heteroatoms. The van der Waals surface area contributed by atoms with Gasteiger partial charge in [-0.25, -0.2) is 0 Å². The van der Waals surface area contributed by atoms with E-state index in [1.807, 2.05) is 0 Å². The fourth-order valence-electron chi connectivity index (χ4n) is 1.40. The predicted molar refractivity (Wildman–Crippen MR) is 54.6 cm³/mol. The molecule has 0 saturated heterocycles. The van der Waals surface area contributed by atoms with E-state index in [4.69, 9.17) is 23.2 Å². The minimum Gasteiger partial charge on any atom is -0.309 e. The Balaban J connectivity index is 2.13. The maximum Gasteiger partial charge on any atom is 0.0431 e. The van der Waals surface area contributed by atoms with Gasteiger partial charge in [0.25, 0.3) is 0 Å². The second-order valence-electron chi connectivity index (χ2n) is 3.42. The molecule has 0 aromatic heterocycles. The summed E-state index contributed by atoms with van der Waals surface area (Å²) in [7, 11) is 0. The van der Waals surface area contributed by atoms with Crippen LogP contribution in [0.3, 0.4) is 0 Å². The molecule has 0 aromatic carbocycles. The molecule has 1 fully saturated rings. The highest BCUT2D eigenvalue weighted by atomic mass is 35.5. The Morgan fingerprint density at radius 3 is 2.75 bits per heavy atom. The van der Waals surface area contributed by atoms with Crippen LogP contribution in [-0.2, 0) is 0 Å². The Hall–Kier alpha value is 0.280. The third kappa shape index (κ3) is 2.96. The smallest absolute Gasteiger partial charge is 0.0431 e. The molecule has 1 saturated carbocycles. The molecule has 1 N–H and O–H groups in total. The van der Waals surface area contributed by atoms with Gasteiger partial charge in [0.05, 0.1) is 0 Å². The van der Waals surface area contributed by atoms with Crippen LogP contribution in [0.25, 0.3) is 0 Å². The summed E-state index contributed by atoms with van der Waals surface area (Å²) in [6.45, 7) is 2.91. The van der Waals surface area contributed by atoms with Crippen LogP contribution in [0.5, 0.6) is 0 Å². The lowest BCUT2D eigenvalue weighted by atomic mass is 9.80. The van der Waals surface area contributed by atoms with Gasteiger partial charge in [0.1, 0.15) is 0 Å². The van der Waals surface area contributed by atoms with Crippen molar-refractivity contribution in [1.29, 1.82) is 0 Å². The van der Waals surface area contributed by atoms with Crippen LogP contribution in [0.15, 0.2) is 10.6 Å². The Labute approximate surface area is 84.1 Å². The van der Waals surface area contributed by atoms with E-state index in [1.165, 1.54) is 24.8 Å². The van der Waals surface area contributed by atoms with Crippen LogP contribution in [0.2, 0.25) is 0 Å². The molecule has 0 bridgehead atoms. The summed E-state index contributed by atoms with van der Waals surface area (Å²) in [5, 5.41) is 4.03. The minimum atomic E-state index is 0.573. The summed E-state index contributed by atoms with van der Waals surface area (Å²) < 4.78 is 0. The molecule has 0 heterocycles. The van der Waals surface area contributed by atoms with Gasteiger partial charge in [-0.15, -0.1) is 0 Å². The fourth-order valence-corrected chi connectivity index (χ4v) is 1.56. The van der Waals surface area contributed by atoms with Crippen molar-refractivity contribution in [2.24, 2.45) is 5.92 Å². The van der Waals surface area contributed by atoms with E-state index >= 15 is 0 Å².